The Labute approximate surface area is 120 Å². The number of hydrogen-bond acceptors (Lipinski definition) is 4. The van der Waals surface area contributed by atoms with Crippen molar-refractivity contribution in [2.24, 2.45) is 5.92 Å². The molecule has 0 atom stereocenters. The predicted octanol–water partition coefficient (Wildman–Crippen LogP) is 3.13. The van der Waals surface area contributed by atoms with Crippen molar-refractivity contribution in [2.75, 3.05) is 6.61 Å². The Balaban J connectivity index is 2.34. The maximum Gasteiger partial charge on any atom is 0.311 e. The highest BCUT2D eigenvalue weighted by Gasteiger charge is 2.10. The molecule has 1 aromatic rings. The molecule has 20 heavy (non-hydrogen) atoms. The Hall–Kier alpha value is -1.84. The largest absolute Gasteiger partial charge is 0.465 e. The molecule has 0 unspecified atom stereocenters. The van der Waals surface area contributed by atoms with Crippen LogP contribution >= 0.6 is 0 Å². The van der Waals surface area contributed by atoms with Crippen LogP contribution in [0, 0.1) is 5.92 Å². The standard InChI is InChI=1S/C16H22O4/c1-4-13-6-5-7-14(10-13)20-16(18)9-8-15(17)19-11-12(2)3/h5-7,10,12H,4,8-9,11H2,1-3H3. The normalized spacial score (nSPS) is 10.4. The summed E-state index contributed by atoms with van der Waals surface area (Å²) in [5.74, 6) is 0.0327. The average molecular weight is 278 g/mol. The van der Waals surface area contributed by atoms with Crippen molar-refractivity contribution in [3.8, 4) is 5.75 Å². The molecule has 0 aliphatic heterocycles. The maximum absolute atomic E-state index is 11.6. The maximum atomic E-state index is 11.6. The molecule has 0 N–H and O–H groups in total. The zero-order valence-electron chi connectivity index (χ0n) is 12.3. The summed E-state index contributed by atoms with van der Waals surface area (Å²) in [5.41, 5.74) is 1.10. The van der Waals surface area contributed by atoms with Gasteiger partial charge in [-0.05, 0) is 30.0 Å². The molecule has 4 nitrogen and oxygen atoms in total. The van der Waals surface area contributed by atoms with Crippen LogP contribution in [0.4, 0.5) is 0 Å². The van der Waals surface area contributed by atoms with E-state index in [2.05, 4.69) is 0 Å². The van der Waals surface area contributed by atoms with E-state index in [0.717, 1.165) is 12.0 Å². The summed E-state index contributed by atoms with van der Waals surface area (Å²) in [5, 5.41) is 0. The minimum atomic E-state index is -0.417. The number of aryl methyl sites for hydroxylation is 1. The van der Waals surface area contributed by atoms with E-state index < -0.39 is 5.97 Å². The molecular weight excluding hydrogens is 256 g/mol. The molecule has 0 aliphatic carbocycles. The molecule has 0 aromatic heterocycles. The third-order valence-corrected chi connectivity index (χ3v) is 2.65. The molecule has 0 bridgehead atoms. The summed E-state index contributed by atoms with van der Waals surface area (Å²) in [6.45, 7) is 6.34. The van der Waals surface area contributed by atoms with Gasteiger partial charge in [0.1, 0.15) is 5.75 Å². The molecule has 0 amide bonds. The lowest BCUT2D eigenvalue weighted by Gasteiger charge is -2.07. The van der Waals surface area contributed by atoms with E-state index in [1.165, 1.54) is 0 Å². The Kier molecular flexibility index (Phi) is 6.77. The van der Waals surface area contributed by atoms with Crippen molar-refractivity contribution >= 4 is 11.9 Å². The van der Waals surface area contributed by atoms with Crippen molar-refractivity contribution in [3.05, 3.63) is 29.8 Å². The van der Waals surface area contributed by atoms with Gasteiger partial charge in [0.25, 0.3) is 0 Å². The van der Waals surface area contributed by atoms with Crippen LogP contribution in [-0.4, -0.2) is 18.5 Å². The molecule has 0 aliphatic rings. The van der Waals surface area contributed by atoms with E-state index >= 15 is 0 Å². The highest BCUT2D eigenvalue weighted by Crippen LogP contribution is 2.14. The fraction of sp³-hybridized carbons (Fsp3) is 0.500. The summed E-state index contributed by atoms with van der Waals surface area (Å²) in [4.78, 5) is 23.0. The highest BCUT2D eigenvalue weighted by atomic mass is 16.5. The molecule has 4 heteroatoms. The van der Waals surface area contributed by atoms with E-state index in [-0.39, 0.29) is 18.8 Å². The number of carbonyl (C=O) groups is 2. The summed E-state index contributed by atoms with van der Waals surface area (Å²) in [6, 6.07) is 7.38. The molecule has 1 aromatic carbocycles. The van der Waals surface area contributed by atoms with Crippen LogP contribution in [0.25, 0.3) is 0 Å². The zero-order valence-corrected chi connectivity index (χ0v) is 12.3. The quantitative estimate of drug-likeness (QED) is 0.568. The topological polar surface area (TPSA) is 52.6 Å². The lowest BCUT2D eigenvalue weighted by molar-refractivity contribution is -0.147. The van der Waals surface area contributed by atoms with Gasteiger partial charge in [-0.15, -0.1) is 0 Å². The van der Waals surface area contributed by atoms with Crippen LogP contribution in [-0.2, 0) is 20.7 Å². The first-order chi connectivity index (χ1) is 9.51. The SMILES string of the molecule is CCc1cccc(OC(=O)CCC(=O)OCC(C)C)c1. The predicted molar refractivity (Wildman–Crippen MR) is 76.5 cm³/mol. The minimum absolute atomic E-state index is 0.0350. The molecule has 110 valence electrons. The van der Waals surface area contributed by atoms with Crippen LogP contribution in [0.3, 0.4) is 0 Å². The molecular formula is C16H22O4. The van der Waals surface area contributed by atoms with E-state index in [4.69, 9.17) is 9.47 Å². The molecule has 0 radical (unpaired) electrons. The van der Waals surface area contributed by atoms with E-state index in [1.54, 1.807) is 6.07 Å². The number of benzene rings is 1. The van der Waals surface area contributed by atoms with Gasteiger partial charge in [-0.1, -0.05) is 32.9 Å². The molecule has 0 fully saturated rings. The van der Waals surface area contributed by atoms with E-state index in [0.29, 0.717) is 18.3 Å². The first-order valence-corrected chi connectivity index (χ1v) is 6.96. The van der Waals surface area contributed by atoms with Crippen LogP contribution in [0.5, 0.6) is 5.75 Å². The van der Waals surface area contributed by atoms with Gasteiger partial charge in [0, 0.05) is 0 Å². The second-order valence-corrected chi connectivity index (χ2v) is 5.05. The van der Waals surface area contributed by atoms with Crippen molar-refractivity contribution in [3.63, 3.8) is 0 Å². The molecule has 1 rings (SSSR count). The monoisotopic (exact) mass is 278 g/mol. The number of rotatable bonds is 7. The first-order valence-electron chi connectivity index (χ1n) is 6.96. The van der Waals surface area contributed by atoms with Gasteiger partial charge in [0.2, 0.25) is 0 Å². The van der Waals surface area contributed by atoms with Gasteiger partial charge < -0.3 is 9.47 Å². The van der Waals surface area contributed by atoms with Crippen LogP contribution in [0.15, 0.2) is 24.3 Å². The van der Waals surface area contributed by atoms with Crippen molar-refractivity contribution < 1.29 is 19.1 Å². The molecule has 0 spiro atoms. The Morgan fingerprint density at radius 2 is 1.85 bits per heavy atom. The lowest BCUT2D eigenvalue weighted by atomic mass is 10.2. The van der Waals surface area contributed by atoms with Crippen LogP contribution in [0.1, 0.15) is 39.2 Å². The van der Waals surface area contributed by atoms with Crippen LogP contribution < -0.4 is 4.74 Å². The summed E-state index contributed by atoms with van der Waals surface area (Å²) >= 11 is 0. The van der Waals surface area contributed by atoms with E-state index in [9.17, 15) is 9.59 Å². The summed E-state index contributed by atoms with van der Waals surface area (Å²) in [6.07, 6.45) is 0.971. The third kappa shape index (κ3) is 6.36. The summed E-state index contributed by atoms with van der Waals surface area (Å²) < 4.78 is 10.2. The lowest BCUT2D eigenvalue weighted by Crippen LogP contribution is -2.14. The van der Waals surface area contributed by atoms with Gasteiger partial charge in [0.05, 0.1) is 19.4 Å². The number of carbonyl (C=O) groups excluding carboxylic acids is 2. The zero-order chi connectivity index (χ0) is 15.0. The fourth-order valence-electron chi connectivity index (χ4n) is 1.55. The number of ether oxygens (including phenoxy) is 2. The van der Waals surface area contributed by atoms with Crippen molar-refractivity contribution in [1.82, 2.24) is 0 Å². The van der Waals surface area contributed by atoms with Gasteiger partial charge in [-0.25, -0.2) is 0 Å². The van der Waals surface area contributed by atoms with Gasteiger partial charge >= 0.3 is 11.9 Å². The first kappa shape index (κ1) is 16.2. The van der Waals surface area contributed by atoms with Gasteiger partial charge in [-0.2, -0.15) is 0 Å². The second kappa shape index (κ2) is 8.35. The smallest absolute Gasteiger partial charge is 0.311 e. The van der Waals surface area contributed by atoms with Gasteiger partial charge in [0.15, 0.2) is 0 Å². The summed E-state index contributed by atoms with van der Waals surface area (Å²) in [7, 11) is 0. The Morgan fingerprint density at radius 1 is 1.15 bits per heavy atom. The number of hydrogen-bond donors (Lipinski definition) is 0. The van der Waals surface area contributed by atoms with E-state index in [1.807, 2.05) is 39.0 Å². The van der Waals surface area contributed by atoms with Crippen molar-refractivity contribution in [2.45, 2.75) is 40.0 Å². The van der Waals surface area contributed by atoms with Gasteiger partial charge in [-0.3, -0.25) is 9.59 Å². The molecule has 0 saturated heterocycles. The second-order valence-electron chi connectivity index (χ2n) is 5.05. The number of esters is 2. The van der Waals surface area contributed by atoms with Crippen molar-refractivity contribution in [1.29, 1.82) is 0 Å². The minimum Gasteiger partial charge on any atom is -0.465 e. The Bertz CT molecular complexity index is 452. The third-order valence-electron chi connectivity index (χ3n) is 2.65. The molecule has 0 saturated carbocycles. The highest BCUT2D eigenvalue weighted by molar-refractivity contribution is 5.79. The molecule has 0 heterocycles. The van der Waals surface area contributed by atoms with Crippen LogP contribution in [0.2, 0.25) is 0 Å². The fourth-order valence-corrected chi connectivity index (χ4v) is 1.55. The average Bonchev–Trinajstić information content (AvgIpc) is 2.43. The Morgan fingerprint density at radius 3 is 2.50 bits per heavy atom.